The molecule has 2 aliphatic heterocycles. The number of rotatable bonds is 11. The van der Waals surface area contributed by atoms with Crippen LogP contribution in [0.3, 0.4) is 0 Å². The predicted octanol–water partition coefficient (Wildman–Crippen LogP) is -2.84. The third kappa shape index (κ3) is 6.69. The standard InChI is InChI=1S/C16H27NO15S/c1-5(19)17-7-11(10(30-33-32-31-24)6(4-18)27-15(7)26-3)28-16-9(21)8(20)12(25-2)13(29-16)14(22)23/h6-13,15-16,18,20-21,24H,4H2,1-3H3,(H,17,19)(H,22,23)/t6?,7?,8-,9?,10+,11-,12-,13?,15-,16-/m1/s1. The van der Waals surface area contributed by atoms with Gasteiger partial charge in [-0.25, -0.2) is 10.1 Å². The van der Waals surface area contributed by atoms with E-state index in [1.807, 2.05) is 0 Å². The number of carbonyl (C=O) groups excluding carboxylic acids is 1. The molecule has 4 unspecified atom stereocenters. The van der Waals surface area contributed by atoms with Crippen molar-refractivity contribution in [2.24, 2.45) is 0 Å². The molecule has 17 heteroatoms. The highest BCUT2D eigenvalue weighted by Gasteiger charge is 2.54. The van der Waals surface area contributed by atoms with Crippen molar-refractivity contribution in [2.75, 3.05) is 20.8 Å². The van der Waals surface area contributed by atoms with Crippen molar-refractivity contribution >= 4 is 24.2 Å². The number of nitrogens with one attached hydrogen (secondary N) is 1. The third-order valence-electron chi connectivity index (χ3n) is 4.99. The van der Waals surface area contributed by atoms with Gasteiger partial charge in [0.2, 0.25) is 5.91 Å². The molecule has 16 nitrogen and oxygen atoms in total. The first-order chi connectivity index (χ1) is 15.7. The molecule has 0 saturated carbocycles. The van der Waals surface area contributed by atoms with Crippen molar-refractivity contribution in [1.29, 1.82) is 0 Å². The van der Waals surface area contributed by atoms with Gasteiger partial charge in [-0.2, -0.15) is 0 Å². The molecule has 0 bridgehead atoms. The van der Waals surface area contributed by atoms with Gasteiger partial charge in [0.1, 0.15) is 42.7 Å². The summed E-state index contributed by atoms with van der Waals surface area (Å²) >= 11 is 0.122. The first-order valence-electron chi connectivity index (χ1n) is 9.49. The van der Waals surface area contributed by atoms with Crippen LogP contribution in [0.1, 0.15) is 6.92 Å². The Bertz CT molecular complexity index is 643. The van der Waals surface area contributed by atoms with Gasteiger partial charge in [0, 0.05) is 21.1 Å². The fraction of sp³-hybridized carbons (Fsp3) is 0.875. The zero-order chi connectivity index (χ0) is 24.7. The summed E-state index contributed by atoms with van der Waals surface area (Å²) in [7, 11) is 2.38. The summed E-state index contributed by atoms with van der Waals surface area (Å²) in [6.45, 7) is 0.548. The minimum Gasteiger partial charge on any atom is -0.479 e. The molecule has 2 rings (SSSR count). The largest absolute Gasteiger partial charge is 0.479 e. The lowest BCUT2D eigenvalue weighted by Crippen LogP contribution is -2.68. The topological polar surface area (TPSA) is 221 Å². The minimum absolute atomic E-state index is 0.122. The SMILES string of the molecule is CO[C@@H]1OC(CO)[C@H](OSOOO)[C@H](O[C@@H]2OC(C(=O)O)[C@H](OC)[C@H](O)C2O)C1NC(C)=O. The highest BCUT2D eigenvalue weighted by atomic mass is 32.2. The Morgan fingerprint density at radius 2 is 1.73 bits per heavy atom. The van der Waals surface area contributed by atoms with Gasteiger partial charge in [0.15, 0.2) is 31.0 Å². The number of aliphatic hydroxyl groups excluding tert-OH is 3. The van der Waals surface area contributed by atoms with Gasteiger partial charge in [-0.15, -0.1) is 4.33 Å². The summed E-state index contributed by atoms with van der Waals surface area (Å²) in [5, 5.41) is 54.3. The van der Waals surface area contributed by atoms with Crippen LogP contribution < -0.4 is 5.32 Å². The van der Waals surface area contributed by atoms with E-state index in [2.05, 4.69) is 14.7 Å². The predicted molar refractivity (Wildman–Crippen MR) is 102 cm³/mol. The Morgan fingerprint density at radius 1 is 1.03 bits per heavy atom. The normalized spacial score (nSPS) is 39.2. The molecule has 192 valence electrons. The Balaban J connectivity index is 2.38. The van der Waals surface area contributed by atoms with Crippen LogP contribution in [0.25, 0.3) is 0 Å². The molecule has 33 heavy (non-hydrogen) atoms. The van der Waals surface area contributed by atoms with Crippen LogP contribution in [0.2, 0.25) is 0 Å². The summed E-state index contributed by atoms with van der Waals surface area (Å²) in [4.78, 5) is 23.4. The molecule has 1 amide bonds. The van der Waals surface area contributed by atoms with Crippen molar-refractivity contribution in [1.82, 2.24) is 5.32 Å². The molecule has 2 heterocycles. The smallest absolute Gasteiger partial charge is 0.335 e. The fourth-order valence-corrected chi connectivity index (χ4v) is 3.94. The maximum Gasteiger partial charge on any atom is 0.335 e. The van der Waals surface area contributed by atoms with Crippen LogP contribution in [0.5, 0.6) is 0 Å². The Morgan fingerprint density at radius 3 is 2.24 bits per heavy atom. The fourth-order valence-electron chi connectivity index (χ4n) is 3.56. The molecule has 0 aromatic heterocycles. The van der Waals surface area contributed by atoms with E-state index in [1.165, 1.54) is 14.0 Å². The van der Waals surface area contributed by atoms with Crippen molar-refractivity contribution in [3.8, 4) is 0 Å². The van der Waals surface area contributed by atoms with Crippen LogP contribution in [0, 0.1) is 0 Å². The lowest BCUT2D eigenvalue weighted by Gasteiger charge is -2.47. The number of carbonyl (C=O) groups is 2. The quantitative estimate of drug-likeness (QED) is 0.0720. The first kappa shape index (κ1) is 28.1. The summed E-state index contributed by atoms with van der Waals surface area (Å²) in [5.74, 6) is -2.04. The molecular weight excluding hydrogens is 478 g/mol. The van der Waals surface area contributed by atoms with Crippen molar-refractivity contribution in [3.05, 3.63) is 0 Å². The summed E-state index contributed by atoms with van der Waals surface area (Å²) < 4.78 is 36.3. The number of hydrogen-bond donors (Lipinski definition) is 6. The molecule has 0 aromatic rings. The third-order valence-corrected chi connectivity index (χ3v) is 5.41. The summed E-state index contributed by atoms with van der Waals surface area (Å²) in [5.41, 5.74) is 0. The second-order valence-electron chi connectivity index (χ2n) is 7.00. The zero-order valence-corrected chi connectivity index (χ0v) is 18.5. The Kier molecular flexibility index (Phi) is 11.1. The number of methoxy groups -OCH3 is 2. The lowest BCUT2D eigenvalue weighted by molar-refractivity contribution is -0.435. The van der Waals surface area contributed by atoms with Gasteiger partial charge in [0.05, 0.1) is 6.61 Å². The molecule has 0 aliphatic carbocycles. The average molecular weight is 505 g/mol. The van der Waals surface area contributed by atoms with E-state index in [1.54, 1.807) is 0 Å². The molecule has 0 aromatic carbocycles. The van der Waals surface area contributed by atoms with Crippen LogP contribution in [0.15, 0.2) is 0 Å². The van der Waals surface area contributed by atoms with E-state index >= 15 is 0 Å². The summed E-state index contributed by atoms with van der Waals surface area (Å²) in [6, 6.07) is -1.15. The zero-order valence-electron chi connectivity index (χ0n) is 17.7. The average Bonchev–Trinajstić information content (AvgIpc) is 2.78. The van der Waals surface area contributed by atoms with Gasteiger partial charge in [-0.05, 0) is 0 Å². The first-order valence-corrected chi connectivity index (χ1v) is 10.2. The molecular formula is C16H27NO15S. The van der Waals surface area contributed by atoms with Gasteiger partial charge in [-0.3, -0.25) is 8.98 Å². The van der Waals surface area contributed by atoms with Gasteiger partial charge in [-0.1, -0.05) is 5.04 Å². The maximum absolute atomic E-state index is 11.8. The van der Waals surface area contributed by atoms with Crippen LogP contribution in [-0.2, 0) is 46.8 Å². The number of carboxylic acid groups (broad SMARTS) is 1. The van der Waals surface area contributed by atoms with Crippen molar-refractivity contribution in [2.45, 2.75) is 68.3 Å². The van der Waals surface area contributed by atoms with E-state index in [4.69, 9.17) is 33.1 Å². The molecule has 10 atom stereocenters. The number of ether oxygens (including phenoxy) is 5. The van der Waals surface area contributed by atoms with Crippen LogP contribution in [0.4, 0.5) is 0 Å². The second-order valence-corrected chi connectivity index (χ2v) is 7.47. The molecule has 2 fully saturated rings. The number of hydrogen-bond acceptors (Lipinski definition) is 15. The minimum atomic E-state index is -1.79. The maximum atomic E-state index is 11.8. The molecule has 0 spiro atoms. The molecule has 0 radical (unpaired) electrons. The monoisotopic (exact) mass is 505 g/mol. The van der Waals surface area contributed by atoms with Crippen molar-refractivity contribution < 1.29 is 72.5 Å². The number of amides is 1. The highest BCUT2D eigenvalue weighted by Crippen LogP contribution is 2.33. The Hall–Kier alpha value is -1.19. The number of carboxylic acids is 1. The lowest BCUT2D eigenvalue weighted by atomic mass is 9.95. The van der Waals surface area contributed by atoms with Gasteiger partial charge in [0.25, 0.3) is 0 Å². The van der Waals surface area contributed by atoms with E-state index < -0.39 is 79.8 Å². The van der Waals surface area contributed by atoms with Gasteiger partial charge >= 0.3 is 5.97 Å². The van der Waals surface area contributed by atoms with E-state index in [-0.39, 0.29) is 12.3 Å². The molecule has 2 aliphatic rings. The number of aliphatic carboxylic acids is 1. The second kappa shape index (κ2) is 13.0. The van der Waals surface area contributed by atoms with Crippen molar-refractivity contribution in [3.63, 3.8) is 0 Å². The Labute approximate surface area is 191 Å². The van der Waals surface area contributed by atoms with E-state index in [0.717, 1.165) is 7.11 Å². The van der Waals surface area contributed by atoms with E-state index in [9.17, 15) is 30.0 Å². The number of aliphatic hydroxyl groups is 3. The van der Waals surface area contributed by atoms with Crippen LogP contribution in [-0.4, -0.2) is 120 Å². The highest BCUT2D eigenvalue weighted by molar-refractivity contribution is 7.89. The molecule has 2 saturated heterocycles. The van der Waals surface area contributed by atoms with Gasteiger partial charge < -0.3 is 49.4 Å². The van der Waals surface area contributed by atoms with E-state index in [0.29, 0.717) is 0 Å². The molecule has 6 N–H and O–H groups in total. The van der Waals surface area contributed by atoms with Crippen LogP contribution >= 0.6 is 12.3 Å². The summed E-state index contributed by atoms with van der Waals surface area (Å²) in [6.07, 6.45) is -13.4.